The van der Waals surface area contributed by atoms with Gasteiger partial charge in [0.1, 0.15) is 10.7 Å². The topological polar surface area (TPSA) is 51.8 Å². The molecule has 0 amide bonds. The van der Waals surface area contributed by atoms with Gasteiger partial charge in [0, 0.05) is 16.9 Å². The molecule has 0 aliphatic heterocycles. The highest BCUT2D eigenvalue weighted by molar-refractivity contribution is 7.09. The van der Waals surface area contributed by atoms with Gasteiger partial charge in [-0.1, -0.05) is 4.49 Å². The number of anilines is 1. The van der Waals surface area contributed by atoms with Gasteiger partial charge in [-0.15, -0.1) is 5.10 Å². The number of rotatable bonds is 1. The summed E-state index contributed by atoms with van der Waals surface area (Å²) in [5.74, 6) is 2.85. The zero-order valence-corrected chi connectivity index (χ0v) is 10.2. The Labute approximate surface area is 99.6 Å². The van der Waals surface area contributed by atoms with Crippen LogP contribution in [0.4, 0.5) is 5.00 Å². The molecular formula is C12H17N3S. The third-order valence-corrected chi connectivity index (χ3v) is 5.61. The summed E-state index contributed by atoms with van der Waals surface area (Å²) >= 11 is 1.37. The average molecular weight is 235 g/mol. The summed E-state index contributed by atoms with van der Waals surface area (Å²) < 4.78 is 4.05. The van der Waals surface area contributed by atoms with Crippen LogP contribution in [-0.4, -0.2) is 9.59 Å². The lowest BCUT2D eigenvalue weighted by atomic mass is 9.49. The fourth-order valence-corrected chi connectivity index (χ4v) is 5.52. The van der Waals surface area contributed by atoms with Crippen molar-refractivity contribution in [2.75, 3.05) is 5.73 Å². The number of aromatic nitrogens is 2. The molecule has 4 heteroatoms. The summed E-state index contributed by atoms with van der Waals surface area (Å²) in [5, 5.41) is 5.23. The number of nitrogens with two attached hydrogens (primary N) is 1. The Balaban J connectivity index is 1.79. The van der Waals surface area contributed by atoms with E-state index in [9.17, 15) is 0 Å². The summed E-state index contributed by atoms with van der Waals surface area (Å²) in [6, 6.07) is 0. The Hall–Kier alpha value is -0.640. The second kappa shape index (κ2) is 2.97. The molecule has 4 aliphatic rings. The van der Waals surface area contributed by atoms with Crippen LogP contribution in [-0.2, 0) is 5.41 Å². The number of nitrogens with zero attached hydrogens (tertiary/aromatic N) is 2. The molecule has 2 N–H and O–H groups in total. The van der Waals surface area contributed by atoms with E-state index in [0.29, 0.717) is 5.41 Å². The summed E-state index contributed by atoms with van der Waals surface area (Å²) in [5.41, 5.74) is 7.53. The van der Waals surface area contributed by atoms with Crippen LogP contribution in [0.25, 0.3) is 0 Å². The molecule has 4 saturated carbocycles. The van der Waals surface area contributed by atoms with E-state index < -0.39 is 0 Å². The summed E-state index contributed by atoms with van der Waals surface area (Å²) in [4.78, 5) is 0. The molecule has 0 aromatic carbocycles. The summed E-state index contributed by atoms with van der Waals surface area (Å²) in [6.07, 6.45) is 8.39. The molecule has 86 valence electrons. The SMILES string of the molecule is Nc1snnc1C12CC3CC(CC(C3)C1)C2. The number of hydrogen-bond acceptors (Lipinski definition) is 4. The van der Waals surface area contributed by atoms with E-state index in [1.807, 2.05) is 0 Å². The van der Waals surface area contributed by atoms with Crippen LogP contribution in [0, 0.1) is 17.8 Å². The van der Waals surface area contributed by atoms with Crippen molar-refractivity contribution in [2.24, 2.45) is 17.8 Å². The van der Waals surface area contributed by atoms with Crippen molar-refractivity contribution in [2.45, 2.75) is 43.9 Å². The molecule has 1 heterocycles. The van der Waals surface area contributed by atoms with Crippen LogP contribution >= 0.6 is 11.5 Å². The Morgan fingerprint density at radius 1 is 1.06 bits per heavy atom. The number of nitrogen functional groups attached to an aromatic ring is 1. The van der Waals surface area contributed by atoms with Gasteiger partial charge < -0.3 is 5.73 Å². The van der Waals surface area contributed by atoms with Gasteiger partial charge in [-0.3, -0.25) is 0 Å². The molecule has 16 heavy (non-hydrogen) atoms. The van der Waals surface area contributed by atoms with Gasteiger partial charge in [0.15, 0.2) is 0 Å². The first-order valence-electron chi connectivity index (χ1n) is 6.33. The van der Waals surface area contributed by atoms with Crippen molar-refractivity contribution >= 4 is 16.5 Å². The molecule has 4 fully saturated rings. The van der Waals surface area contributed by atoms with Gasteiger partial charge in [0.25, 0.3) is 0 Å². The van der Waals surface area contributed by atoms with Gasteiger partial charge in [-0.2, -0.15) is 0 Å². The average Bonchev–Trinajstić information content (AvgIpc) is 2.62. The lowest BCUT2D eigenvalue weighted by molar-refractivity contribution is -0.00685. The van der Waals surface area contributed by atoms with Crippen molar-refractivity contribution in [3.05, 3.63) is 5.69 Å². The molecule has 3 nitrogen and oxygen atoms in total. The first-order chi connectivity index (χ1) is 7.75. The van der Waals surface area contributed by atoms with Gasteiger partial charge >= 0.3 is 0 Å². The molecule has 0 unspecified atom stereocenters. The van der Waals surface area contributed by atoms with Crippen LogP contribution in [0.3, 0.4) is 0 Å². The maximum Gasteiger partial charge on any atom is 0.131 e. The van der Waals surface area contributed by atoms with Crippen molar-refractivity contribution in [1.82, 2.24) is 9.59 Å². The van der Waals surface area contributed by atoms with E-state index in [-0.39, 0.29) is 0 Å². The predicted octanol–water partition coefficient (Wildman–Crippen LogP) is 2.59. The minimum atomic E-state index is 0.325. The zero-order valence-electron chi connectivity index (χ0n) is 9.35. The van der Waals surface area contributed by atoms with Crippen LogP contribution < -0.4 is 5.73 Å². The molecule has 5 rings (SSSR count). The highest BCUT2D eigenvalue weighted by Crippen LogP contribution is 2.61. The molecule has 4 bridgehead atoms. The lowest BCUT2D eigenvalue weighted by Crippen LogP contribution is -2.49. The minimum Gasteiger partial charge on any atom is -0.388 e. The van der Waals surface area contributed by atoms with Gasteiger partial charge in [0.2, 0.25) is 0 Å². The number of hydrogen-bond donors (Lipinski definition) is 1. The van der Waals surface area contributed by atoms with E-state index in [1.165, 1.54) is 50.1 Å². The first kappa shape index (κ1) is 9.40. The molecular weight excluding hydrogens is 218 g/mol. The van der Waals surface area contributed by atoms with Crippen LogP contribution in [0.1, 0.15) is 44.2 Å². The van der Waals surface area contributed by atoms with E-state index >= 15 is 0 Å². The van der Waals surface area contributed by atoms with Crippen molar-refractivity contribution in [3.63, 3.8) is 0 Å². The van der Waals surface area contributed by atoms with Crippen LogP contribution in [0.15, 0.2) is 0 Å². The predicted molar refractivity (Wildman–Crippen MR) is 64.2 cm³/mol. The van der Waals surface area contributed by atoms with Crippen LogP contribution in [0.5, 0.6) is 0 Å². The minimum absolute atomic E-state index is 0.325. The largest absolute Gasteiger partial charge is 0.388 e. The first-order valence-corrected chi connectivity index (χ1v) is 7.11. The van der Waals surface area contributed by atoms with E-state index in [4.69, 9.17) is 5.73 Å². The highest BCUT2D eigenvalue weighted by Gasteiger charge is 2.53. The molecule has 0 saturated heterocycles. The van der Waals surface area contributed by atoms with E-state index in [2.05, 4.69) is 9.59 Å². The van der Waals surface area contributed by atoms with E-state index in [1.54, 1.807) is 0 Å². The smallest absolute Gasteiger partial charge is 0.131 e. The standard InChI is InChI=1S/C12H17N3S/c13-11-10(14-15-16-11)12-4-7-1-8(5-12)3-9(2-7)6-12/h7-9H,1-6,13H2. The summed E-state index contributed by atoms with van der Waals surface area (Å²) in [7, 11) is 0. The van der Waals surface area contributed by atoms with Crippen molar-refractivity contribution < 1.29 is 0 Å². The molecule has 4 aliphatic carbocycles. The normalized spacial score (nSPS) is 45.1. The monoisotopic (exact) mass is 235 g/mol. The summed E-state index contributed by atoms with van der Waals surface area (Å²) in [6.45, 7) is 0. The van der Waals surface area contributed by atoms with Crippen molar-refractivity contribution in [1.29, 1.82) is 0 Å². The van der Waals surface area contributed by atoms with Gasteiger partial charge in [-0.05, 0) is 56.3 Å². The third-order valence-electron chi connectivity index (χ3n) is 5.05. The third kappa shape index (κ3) is 1.14. The lowest BCUT2D eigenvalue weighted by Gasteiger charge is -2.56. The maximum absolute atomic E-state index is 6.06. The van der Waals surface area contributed by atoms with E-state index in [0.717, 1.165) is 28.4 Å². The highest BCUT2D eigenvalue weighted by atomic mass is 32.1. The molecule has 0 spiro atoms. The Bertz CT molecular complexity index is 390. The van der Waals surface area contributed by atoms with Crippen molar-refractivity contribution in [3.8, 4) is 0 Å². The maximum atomic E-state index is 6.06. The Morgan fingerprint density at radius 3 is 2.06 bits per heavy atom. The Kier molecular flexibility index (Phi) is 1.75. The fourth-order valence-electron chi connectivity index (χ4n) is 4.97. The molecule has 1 aromatic heterocycles. The van der Waals surface area contributed by atoms with Crippen LogP contribution in [0.2, 0.25) is 0 Å². The second-order valence-corrected chi connectivity index (χ2v) is 6.97. The quantitative estimate of drug-likeness (QED) is 0.814. The molecule has 0 atom stereocenters. The molecule has 0 radical (unpaired) electrons. The second-order valence-electron chi connectivity index (χ2n) is 6.18. The molecule has 1 aromatic rings. The van der Waals surface area contributed by atoms with Gasteiger partial charge in [0.05, 0.1) is 0 Å². The fraction of sp³-hybridized carbons (Fsp3) is 0.833. The Morgan fingerprint density at radius 2 is 1.62 bits per heavy atom. The zero-order chi connectivity index (χ0) is 10.8. The van der Waals surface area contributed by atoms with Gasteiger partial charge in [-0.25, -0.2) is 0 Å².